The summed E-state index contributed by atoms with van der Waals surface area (Å²) in [7, 11) is 0. The molecule has 0 unspecified atom stereocenters. The van der Waals surface area contributed by atoms with Gasteiger partial charge in [-0.05, 0) is 48.8 Å². The van der Waals surface area contributed by atoms with Gasteiger partial charge in [-0.1, -0.05) is 37.6 Å². The van der Waals surface area contributed by atoms with Crippen LogP contribution in [0.15, 0.2) is 35.9 Å². The quantitative estimate of drug-likeness (QED) is 0.690. The SMILES string of the molecule is CC(C)=C[C@@H]1[C@H](c2ccc(C#N)cc2)C1(C)C. The van der Waals surface area contributed by atoms with Crippen LogP contribution in [0.3, 0.4) is 0 Å². The van der Waals surface area contributed by atoms with Crippen LogP contribution in [-0.4, -0.2) is 0 Å². The molecule has 1 aliphatic carbocycles. The summed E-state index contributed by atoms with van der Waals surface area (Å²) < 4.78 is 0. The molecule has 1 heteroatoms. The molecule has 1 aliphatic rings. The fraction of sp³-hybridized carbons (Fsp3) is 0.438. The minimum atomic E-state index is 0.353. The minimum Gasteiger partial charge on any atom is -0.192 e. The van der Waals surface area contributed by atoms with Crippen LogP contribution in [0.4, 0.5) is 0 Å². The molecular weight excluding hydrogens is 206 g/mol. The van der Waals surface area contributed by atoms with Crippen LogP contribution in [0, 0.1) is 22.7 Å². The van der Waals surface area contributed by atoms with Crippen molar-refractivity contribution in [2.75, 3.05) is 0 Å². The second-order valence-electron chi connectivity index (χ2n) is 5.80. The Hall–Kier alpha value is -1.55. The van der Waals surface area contributed by atoms with Crippen LogP contribution in [0.5, 0.6) is 0 Å². The molecule has 0 aliphatic heterocycles. The topological polar surface area (TPSA) is 23.8 Å². The molecule has 2 rings (SSSR count). The molecule has 0 bridgehead atoms. The largest absolute Gasteiger partial charge is 0.192 e. The number of rotatable bonds is 2. The highest BCUT2D eigenvalue weighted by atomic mass is 14.6. The molecule has 88 valence electrons. The third-order valence-corrected chi connectivity index (χ3v) is 3.82. The zero-order valence-corrected chi connectivity index (χ0v) is 11.0. The molecule has 1 saturated carbocycles. The van der Waals surface area contributed by atoms with Gasteiger partial charge in [-0.15, -0.1) is 0 Å². The predicted molar refractivity (Wildman–Crippen MR) is 70.6 cm³/mol. The number of hydrogen-bond acceptors (Lipinski definition) is 1. The highest BCUT2D eigenvalue weighted by Gasteiger charge is 2.56. The second kappa shape index (κ2) is 4.04. The molecule has 1 fully saturated rings. The van der Waals surface area contributed by atoms with Crippen LogP contribution in [0.1, 0.15) is 44.7 Å². The molecule has 0 N–H and O–H groups in total. The van der Waals surface area contributed by atoms with E-state index in [0.29, 0.717) is 17.3 Å². The Balaban J connectivity index is 2.24. The van der Waals surface area contributed by atoms with Crippen molar-refractivity contribution in [1.29, 1.82) is 5.26 Å². The highest BCUT2D eigenvalue weighted by molar-refractivity contribution is 5.39. The molecule has 0 spiro atoms. The summed E-state index contributed by atoms with van der Waals surface area (Å²) >= 11 is 0. The van der Waals surface area contributed by atoms with Crippen molar-refractivity contribution in [1.82, 2.24) is 0 Å². The molecule has 0 amide bonds. The second-order valence-corrected chi connectivity index (χ2v) is 5.80. The summed E-state index contributed by atoms with van der Waals surface area (Å²) in [6.07, 6.45) is 2.38. The summed E-state index contributed by atoms with van der Waals surface area (Å²) in [5.74, 6) is 1.24. The van der Waals surface area contributed by atoms with Crippen LogP contribution in [0.2, 0.25) is 0 Å². The zero-order valence-electron chi connectivity index (χ0n) is 11.0. The summed E-state index contributed by atoms with van der Waals surface area (Å²) in [6, 6.07) is 10.2. The average molecular weight is 225 g/mol. The predicted octanol–water partition coefficient (Wildman–Crippen LogP) is 4.26. The number of nitrogens with zero attached hydrogens (tertiary/aromatic N) is 1. The van der Waals surface area contributed by atoms with Gasteiger partial charge in [0.15, 0.2) is 0 Å². The van der Waals surface area contributed by atoms with E-state index in [1.165, 1.54) is 11.1 Å². The van der Waals surface area contributed by atoms with Gasteiger partial charge >= 0.3 is 0 Å². The molecular formula is C16H19N. The van der Waals surface area contributed by atoms with Crippen LogP contribution < -0.4 is 0 Å². The lowest BCUT2D eigenvalue weighted by Gasteiger charge is -2.02. The van der Waals surface area contributed by atoms with Crippen molar-refractivity contribution in [3.05, 3.63) is 47.0 Å². The van der Waals surface area contributed by atoms with Gasteiger partial charge < -0.3 is 0 Å². The first-order valence-electron chi connectivity index (χ1n) is 6.12. The van der Waals surface area contributed by atoms with Crippen LogP contribution in [0.25, 0.3) is 0 Å². The summed E-state index contributed by atoms with van der Waals surface area (Å²) in [4.78, 5) is 0. The lowest BCUT2D eigenvalue weighted by molar-refractivity contribution is 0.592. The van der Waals surface area contributed by atoms with Gasteiger partial charge in [0.05, 0.1) is 11.6 Å². The van der Waals surface area contributed by atoms with Crippen molar-refractivity contribution in [3.63, 3.8) is 0 Å². The fourth-order valence-electron chi connectivity index (χ4n) is 2.75. The maximum atomic E-state index is 8.80. The molecule has 0 heterocycles. The van der Waals surface area contributed by atoms with E-state index in [1.807, 2.05) is 12.1 Å². The molecule has 1 nitrogen and oxygen atoms in total. The molecule has 0 radical (unpaired) electrons. The van der Waals surface area contributed by atoms with E-state index >= 15 is 0 Å². The Labute approximate surface area is 104 Å². The maximum absolute atomic E-state index is 8.80. The molecule has 2 atom stereocenters. The summed E-state index contributed by atoms with van der Waals surface area (Å²) in [6.45, 7) is 8.95. The average Bonchev–Trinajstić information content (AvgIpc) is 2.80. The smallest absolute Gasteiger partial charge is 0.0991 e. The first kappa shape index (κ1) is 11.9. The van der Waals surface area contributed by atoms with E-state index in [9.17, 15) is 0 Å². The third-order valence-electron chi connectivity index (χ3n) is 3.82. The lowest BCUT2D eigenvalue weighted by atomic mass is 10.0. The van der Waals surface area contributed by atoms with E-state index in [2.05, 4.69) is 52.0 Å². The van der Waals surface area contributed by atoms with Gasteiger partial charge in [-0.25, -0.2) is 0 Å². The molecule has 0 aromatic heterocycles. The van der Waals surface area contributed by atoms with E-state index < -0.39 is 0 Å². The number of allylic oxidation sites excluding steroid dienone is 2. The van der Waals surface area contributed by atoms with Crippen LogP contribution in [-0.2, 0) is 0 Å². The monoisotopic (exact) mass is 225 g/mol. The van der Waals surface area contributed by atoms with Gasteiger partial charge in [0.25, 0.3) is 0 Å². The standard InChI is InChI=1S/C16H19N/c1-11(2)9-14-15(16(14,3)4)13-7-5-12(10-17)6-8-13/h5-9,14-15H,1-4H3/t14-,15+/m1/s1. The fourth-order valence-corrected chi connectivity index (χ4v) is 2.75. The van der Waals surface area contributed by atoms with Crippen LogP contribution >= 0.6 is 0 Å². The van der Waals surface area contributed by atoms with Gasteiger partial charge in [0.1, 0.15) is 0 Å². The Morgan fingerprint density at radius 3 is 2.29 bits per heavy atom. The van der Waals surface area contributed by atoms with Gasteiger partial charge in [0, 0.05) is 0 Å². The van der Waals surface area contributed by atoms with Crippen molar-refractivity contribution < 1.29 is 0 Å². The van der Waals surface area contributed by atoms with Gasteiger partial charge in [0.2, 0.25) is 0 Å². The Bertz CT molecular complexity index is 481. The van der Waals surface area contributed by atoms with Crippen molar-refractivity contribution >= 4 is 0 Å². The van der Waals surface area contributed by atoms with Gasteiger partial charge in [-0.2, -0.15) is 5.26 Å². The van der Waals surface area contributed by atoms with E-state index in [1.54, 1.807) is 0 Å². The lowest BCUT2D eigenvalue weighted by Crippen LogP contribution is -1.90. The Morgan fingerprint density at radius 2 is 1.82 bits per heavy atom. The molecule has 1 aromatic carbocycles. The third kappa shape index (κ3) is 2.13. The number of benzene rings is 1. The normalized spacial score (nSPS) is 24.9. The molecule has 17 heavy (non-hydrogen) atoms. The van der Waals surface area contributed by atoms with E-state index in [-0.39, 0.29) is 0 Å². The summed E-state index contributed by atoms with van der Waals surface area (Å²) in [5, 5.41) is 8.80. The molecule has 0 saturated heterocycles. The van der Waals surface area contributed by atoms with Crippen molar-refractivity contribution in [2.24, 2.45) is 11.3 Å². The number of nitriles is 1. The zero-order chi connectivity index (χ0) is 12.6. The van der Waals surface area contributed by atoms with Crippen molar-refractivity contribution in [3.8, 4) is 6.07 Å². The molecule has 1 aromatic rings. The number of hydrogen-bond donors (Lipinski definition) is 0. The van der Waals surface area contributed by atoms with E-state index in [0.717, 1.165) is 5.56 Å². The minimum absolute atomic E-state index is 0.353. The first-order chi connectivity index (χ1) is 7.96. The first-order valence-corrected chi connectivity index (χ1v) is 6.12. The maximum Gasteiger partial charge on any atom is 0.0991 e. The van der Waals surface area contributed by atoms with E-state index in [4.69, 9.17) is 5.26 Å². The highest BCUT2D eigenvalue weighted by Crippen LogP contribution is 2.65. The van der Waals surface area contributed by atoms with Gasteiger partial charge in [-0.3, -0.25) is 0 Å². The summed E-state index contributed by atoms with van der Waals surface area (Å²) in [5.41, 5.74) is 3.84. The van der Waals surface area contributed by atoms with Crippen molar-refractivity contribution in [2.45, 2.75) is 33.6 Å². The Kier molecular flexibility index (Phi) is 2.83. The Morgan fingerprint density at radius 1 is 1.24 bits per heavy atom.